The second-order valence-electron chi connectivity index (χ2n) is 7.85. The number of fused-ring (bicyclic) bond motifs is 2. The molecule has 2 bridgehead atoms. The van der Waals surface area contributed by atoms with Crippen molar-refractivity contribution in [1.82, 2.24) is 4.98 Å². The van der Waals surface area contributed by atoms with Crippen molar-refractivity contribution >= 4 is 11.5 Å². The van der Waals surface area contributed by atoms with Gasteiger partial charge in [-0.3, -0.25) is 0 Å². The maximum Gasteiger partial charge on any atom is 0.127 e. The third-order valence-electron chi connectivity index (χ3n) is 5.90. The lowest BCUT2D eigenvalue weighted by atomic mass is 9.68. The third kappa shape index (κ3) is 2.51. The molecular weight excluding hydrogens is 258 g/mol. The lowest BCUT2D eigenvalue weighted by Gasteiger charge is -2.43. The van der Waals surface area contributed by atoms with E-state index in [0.717, 1.165) is 24.7 Å². The predicted molar refractivity (Wildman–Crippen MR) is 89.7 cm³/mol. The van der Waals surface area contributed by atoms with Gasteiger partial charge in [0.05, 0.1) is 0 Å². The lowest BCUT2D eigenvalue weighted by molar-refractivity contribution is 0.155. The molecule has 3 nitrogen and oxygen atoms in total. The average molecular weight is 287 g/mol. The van der Waals surface area contributed by atoms with Crippen molar-refractivity contribution in [1.29, 1.82) is 0 Å². The van der Waals surface area contributed by atoms with E-state index in [4.69, 9.17) is 0 Å². The van der Waals surface area contributed by atoms with Gasteiger partial charge in [-0.05, 0) is 48.5 Å². The van der Waals surface area contributed by atoms with Crippen molar-refractivity contribution in [3.8, 4) is 0 Å². The molecule has 2 fully saturated rings. The predicted octanol–water partition coefficient (Wildman–Crippen LogP) is 4.53. The van der Waals surface area contributed by atoms with Crippen molar-refractivity contribution < 1.29 is 0 Å². The number of nitrogens with zero attached hydrogens (tertiary/aromatic N) is 1. The minimum Gasteiger partial charge on any atom is -0.381 e. The second kappa shape index (κ2) is 5.19. The van der Waals surface area contributed by atoms with Crippen LogP contribution in [0.1, 0.15) is 53.4 Å². The number of aromatic nitrogens is 1. The summed E-state index contributed by atoms with van der Waals surface area (Å²) in [7, 11) is 0. The summed E-state index contributed by atoms with van der Waals surface area (Å²) >= 11 is 0. The molecule has 21 heavy (non-hydrogen) atoms. The first-order valence-electron chi connectivity index (χ1n) is 8.42. The summed E-state index contributed by atoms with van der Waals surface area (Å²) in [6.07, 6.45) is 7.17. The Hall–Kier alpha value is -1.25. The van der Waals surface area contributed by atoms with Crippen LogP contribution in [0, 0.1) is 16.7 Å². The smallest absolute Gasteiger partial charge is 0.127 e. The highest BCUT2D eigenvalue weighted by atomic mass is 15.0. The molecule has 0 radical (unpaired) electrons. The minimum atomic E-state index is 0.382. The SMILES string of the molecule is CCCNc1cc(NC2C3(C)CCC(C3)C2(C)C)ccn1. The van der Waals surface area contributed by atoms with Crippen LogP contribution in [0.25, 0.3) is 0 Å². The molecule has 116 valence electrons. The molecule has 0 spiro atoms. The Balaban J connectivity index is 1.77. The summed E-state index contributed by atoms with van der Waals surface area (Å²) in [5, 5.41) is 7.21. The fraction of sp³-hybridized carbons (Fsp3) is 0.722. The Labute approximate surface area is 128 Å². The van der Waals surface area contributed by atoms with E-state index in [-0.39, 0.29) is 0 Å². The summed E-state index contributed by atoms with van der Waals surface area (Å²) in [5.74, 6) is 1.85. The van der Waals surface area contributed by atoms with E-state index in [1.165, 1.54) is 24.9 Å². The van der Waals surface area contributed by atoms with Crippen LogP contribution in [-0.4, -0.2) is 17.6 Å². The standard InChI is InChI=1S/C18H29N3/c1-5-9-19-15-11-14(7-10-20-15)21-16-17(2,3)13-6-8-18(16,4)12-13/h7,10-11,13,16H,5-6,8-9,12H2,1-4H3,(H2,19,20,21). The van der Waals surface area contributed by atoms with Crippen LogP contribution in [0.5, 0.6) is 0 Å². The van der Waals surface area contributed by atoms with Gasteiger partial charge in [0.1, 0.15) is 5.82 Å². The number of hydrogen-bond donors (Lipinski definition) is 2. The van der Waals surface area contributed by atoms with Gasteiger partial charge >= 0.3 is 0 Å². The fourth-order valence-corrected chi connectivity index (χ4v) is 4.70. The van der Waals surface area contributed by atoms with Crippen molar-refractivity contribution in [2.45, 2.75) is 59.4 Å². The molecule has 1 heterocycles. The number of nitrogens with one attached hydrogen (secondary N) is 2. The van der Waals surface area contributed by atoms with Gasteiger partial charge in [0.15, 0.2) is 0 Å². The molecule has 3 unspecified atom stereocenters. The van der Waals surface area contributed by atoms with E-state index in [9.17, 15) is 0 Å². The second-order valence-corrected chi connectivity index (χ2v) is 7.85. The van der Waals surface area contributed by atoms with Gasteiger partial charge in [-0.25, -0.2) is 4.98 Å². The van der Waals surface area contributed by atoms with Gasteiger partial charge in [0.25, 0.3) is 0 Å². The van der Waals surface area contributed by atoms with E-state index in [1.807, 2.05) is 6.20 Å². The first-order chi connectivity index (χ1) is 9.95. The summed E-state index contributed by atoms with van der Waals surface area (Å²) in [4.78, 5) is 4.40. The van der Waals surface area contributed by atoms with Crippen molar-refractivity contribution in [3.05, 3.63) is 18.3 Å². The van der Waals surface area contributed by atoms with E-state index in [0.29, 0.717) is 16.9 Å². The van der Waals surface area contributed by atoms with Crippen LogP contribution >= 0.6 is 0 Å². The zero-order chi connectivity index (χ0) is 15.1. The molecule has 0 aliphatic heterocycles. The Kier molecular flexibility index (Phi) is 3.62. The molecule has 3 heteroatoms. The van der Waals surface area contributed by atoms with Crippen LogP contribution in [0.15, 0.2) is 18.3 Å². The Bertz CT molecular complexity index is 506. The minimum absolute atomic E-state index is 0.382. The van der Waals surface area contributed by atoms with Crippen LogP contribution in [0.2, 0.25) is 0 Å². The molecule has 3 atom stereocenters. The first kappa shape index (κ1) is 14.7. The molecule has 2 aliphatic rings. The maximum absolute atomic E-state index is 4.40. The summed E-state index contributed by atoms with van der Waals surface area (Å²) in [5.41, 5.74) is 2.04. The zero-order valence-corrected chi connectivity index (χ0v) is 13.9. The Morgan fingerprint density at radius 1 is 1.33 bits per heavy atom. The highest BCUT2D eigenvalue weighted by molar-refractivity contribution is 5.53. The highest BCUT2D eigenvalue weighted by Gasteiger charge is 2.59. The molecular formula is C18H29N3. The third-order valence-corrected chi connectivity index (χ3v) is 5.90. The van der Waals surface area contributed by atoms with Crippen LogP contribution in [-0.2, 0) is 0 Å². The number of rotatable bonds is 5. The molecule has 3 rings (SSSR count). The normalized spacial score (nSPS) is 33.1. The van der Waals surface area contributed by atoms with E-state index in [2.05, 4.69) is 55.4 Å². The summed E-state index contributed by atoms with van der Waals surface area (Å²) < 4.78 is 0. The first-order valence-corrected chi connectivity index (χ1v) is 8.42. The van der Waals surface area contributed by atoms with Crippen LogP contribution in [0.3, 0.4) is 0 Å². The lowest BCUT2D eigenvalue weighted by Crippen LogP contribution is -2.45. The van der Waals surface area contributed by atoms with Crippen LogP contribution < -0.4 is 10.6 Å². The average Bonchev–Trinajstić information content (AvgIpc) is 2.93. The van der Waals surface area contributed by atoms with Gasteiger partial charge in [0.2, 0.25) is 0 Å². The van der Waals surface area contributed by atoms with Gasteiger partial charge in [-0.2, -0.15) is 0 Å². The Morgan fingerprint density at radius 2 is 2.14 bits per heavy atom. The van der Waals surface area contributed by atoms with Gasteiger partial charge in [-0.15, -0.1) is 0 Å². The largest absolute Gasteiger partial charge is 0.381 e. The number of hydrogen-bond acceptors (Lipinski definition) is 3. The quantitative estimate of drug-likeness (QED) is 0.835. The molecule has 2 aliphatic carbocycles. The van der Waals surface area contributed by atoms with Gasteiger partial charge in [0, 0.05) is 30.5 Å². The zero-order valence-electron chi connectivity index (χ0n) is 13.9. The fourth-order valence-electron chi connectivity index (χ4n) is 4.70. The molecule has 0 amide bonds. The molecule has 2 saturated carbocycles. The van der Waals surface area contributed by atoms with Crippen molar-refractivity contribution in [2.75, 3.05) is 17.2 Å². The van der Waals surface area contributed by atoms with Gasteiger partial charge < -0.3 is 10.6 Å². The van der Waals surface area contributed by atoms with E-state index < -0.39 is 0 Å². The van der Waals surface area contributed by atoms with Crippen molar-refractivity contribution in [2.24, 2.45) is 16.7 Å². The monoisotopic (exact) mass is 287 g/mol. The van der Waals surface area contributed by atoms with E-state index in [1.54, 1.807) is 0 Å². The van der Waals surface area contributed by atoms with Crippen LogP contribution in [0.4, 0.5) is 11.5 Å². The molecule has 1 aromatic heterocycles. The topological polar surface area (TPSA) is 37.0 Å². The van der Waals surface area contributed by atoms with E-state index >= 15 is 0 Å². The molecule has 1 aromatic rings. The summed E-state index contributed by atoms with van der Waals surface area (Å²) in [6.45, 7) is 10.5. The highest BCUT2D eigenvalue weighted by Crippen LogP contribution is 2.63. The summed E-state index contributed by atoms with van der Waals surface area (Å²) in [6, 6.07) is 4.81. The number of pyridine rings is 1. The Morgan fingerprint density at radius 3 is 2.81 bits per heavy atom. The van der Waals surface area contributed by atoms with Crippen molar-refractivity contribution in [3.63, 3.8) is 0 Å². The molecule has 2 N–H and O–H groups in total. The number of anilines is 2. The molecule has 0 saturated heterocycles. The maximum atomic E-state index is 4.40. The molecule has 0 aromatic carbocycles. The van der Waals surface area contributed by atoms with Gasteiger partial charge in [-0.1, -0.05) is 27.7 Å².